The van der Waals surface area contributed by atoms with Gasteiger partial charge in [-0.2, -0.15) is 0 Å². The smallest absolute Gasteiger partial charge is 0.0620 e. The SMILES string of the molecule is c1cc(C2(CC3COCCN3)COC2)c[nH]1. The number of rotatable bonds is 3. The Morgan fingerprint density at radius 3 is 2.88 bits per heavy atom. The lowest BCUT2D eigenvalue weighted by atomic mass is 9.75. The van der Waals surface area contributed by atoms with Crippen molar-refractivity contribution in [1.82, 2.24) is 10.3 Å². The standard InChI is InChI=1S/C12H18N2O2/c1-2-13-6-10(1)12(8-16-9-12)5-11-7-15-4-3-14-11/h1-2,6,11,13-14H,3-5,7-9H2. The van der Waals surface area contributed by atoms with Crippen molar-refractivity contribution in [2.45, 2.75) is 17.9 Å². The molecule has 1 aromatic rings. The third-order valence-corrected chi connectivity index (χ3v) is 3.60. The van der Waals surface area contributed by atoms with E-state index in [1.807, 2.05) is 6.20 Å². The molecule has 2 aliphatic heterocycles. The molecule has 0 radical (unpaired) electrons. The molecule has 3 heterocycles. The minimum absolute atomic E-state index is 0.207. The number of nitrogens with one attached hydrogen (secondary N) is 2. The van der Waals surface area contributed by atoms with E-state index < -0.39 is 0 Å². The van der Waals surface area contributed by atoms with Gasteiger partial charge >= 0.3 is 0 Å². The zero-order valence-electron chi connectivity index (χ0n) is 9.37. The predicted octanol–water partition coefficient (Wildman–Crippen LogP) is 0.661. The zero-order valence-corrected chi connectivity index (χ0v) is 9.37. The molecular weight excluding hydrogens is 204 g/mol. The highest BCUT2D eigenvalue weighted by molar-refractivity contribution is 5.25. The molecule has 3 rings (SSSR count). The van der Waals surface area contributed by atoms with E-state index in [1.54, 1.807) is 0 Å². The molecule has 1 unspecified atom stereocenters. The van der Waals surface area contributed by atoms with Gasteiger partial charge in [0.25, 0.3) is 0 Å². The molecule has 0 amide bonds. The second-order valence-corrected chi connectivity index (χ2v) is 4.80. The molecule has 0 bridgehead atoms. The molecule has 88 valence electrons. The number of ether oxygens (including phenoxy) is 2. The van der Waals surface area contributed by atoms with Crippen LogP contribution in [-0.4, -0.2) is 44.0 Å². The molecule has 4 heteroatoms. The molecule has 0 aliphatic carbocycles. The Labute approximate surface area is 95.3 Å². The lowest BCUT2D eigenvalue weighted by molar-refractivity contribution is -0.0752. The third kappa shape index (κ3) is 1.77. The van der Waals surface area contributed by atoms with Crippen molar-refractivity contribution < 1.29 is 9.47 Å². The molecule has 1 atom stereocenters. The van der Waals surface area contributed by atoms with Gasteiger partial charge in [0.15, 0.2) is 0 Å². The van der Waals surface area contributed by atoms with Gasteiger partial charge in [-0.25, -0.2) is 0 Å². The maximum Gasteiger partial charge on any atom is 0.0620 e. The second kappa shape index (κ2) is 4.20. The van der Waals surface area contributed by atoms with Gasteiger partial charge in [-0.05, 0) is 18.1 Å². The van der Waals surface area contributed by atoms with Crippen molar-refractivity contribution >= 4 is 0 Å². The summed E-state index contributed by atoms with van der Waals surface area (Å²) in [7, 11) is 0. The van der Waals surface area contributed by atoms with Crippen molar-refractivity contribution in [2.24, 2.45) is 0 Å². The maximum atomic E-state index is 5.50. The van der Waals surface area contributed by atoms with E-state index in [1.165, 1.54) is 5.56 Å². The summed E-state index contributed by atoms with van der Waals surface area (Å²) in [5, 5.41) is 3.51. The molecule has 2 saturated heterocycles. The van der Waals surface area contributed by atoms with Crippen LogP contribution in [0.15, 0.2) is 18.5 Å². The third-order valence-electron chi connectivity index (χ3n) is 3.60. The van der Waals surface area contributed by atoms with Crippen LogP contribution in [0.4, 0.5) is 0 Å². The highest BCUT2D eigenvalue weighted by atomic mass is 16.5. The summed E-state index contributed by atoms with van der Waals surface area (Å²) in [5.41, 5.74) is 1.57. The zero-order chi connectivity index (χ0) is 10.8. The molecule has 4 nitrogen and oxygen atoms in total. The van der Waals surface area contributed by atoms with Crippen molar-refractivity contribution in [3.8, 4) is 0 Å². The van der Waals surface area contributed by atoms with Crippen LogP contribution in [0.1, 0.15) is 12.0 Å². The monoisotopic (exact) mass is 222 g/mol. The van der Waals surface area contributed by atoms with E-state index in [2.05, 4.69) is 22.6 Å². The van der Waals surface area contributed by atoms with Gasteiger partial charge in [0.1, 0.15) is 0 Å². The summed E-state index contributed by atoms with van der Waals surface area (Å²) < 4.78 is 10.9. The first kappa shape index (κ1) is 10.3. The molecule has 2 aliphatic rings. The van der Waals surface area contributed by atoms with Crippen molar-refractivity contribution in [1.29, 1.82) is 0 Å². The minimum atomic E-state index is 0.207. The summed E-state index contributed by atoms with van der Waals surface area (Å²) in [5.74, 6) is 0. The van der Waals surface area contributed by atoms with Gasteiger partial charge in [0.2, 0.25) is 0 Å². The topological polar surface area (TPSA) is 46.3 Å². The average Bonchev–Trinajstić information content (AvgIpc) is 2.78. The summed E-state index contributed by atoms with van der Waals surface area (Å²) in [6, 6.07) is 2.62. The molecule has 16 heavy (non-hydrogen) atoms. The van der Waals surface area contributed by atoms with Crippen molar-refractivity contribution in [3.63, 3.8) is 0 Å². The van der Waals surface area contributed by atoms with Crippen molar-refractivity contribution in [2.75, 3.05) is 33.0 Å². The Morgan fingerprint density at radius 1 is 1.38 bits per heavy atom. The number of hydrogen-bond acceptors (Lipinski definition) is 3. The fraction of sp³-hybridized carbons (Fsp3) is 0.667. The molecule has 0 saturated carbocycles. The van der Waals surface area contributed by atoms with Crippen LogP contribution in [0.5, 0.6) is 0 Å². The van der Waals surface area contributed by atoms with E-state index >= 15 is 0 Å². The Morgan fingerprint density at radius 2 is 2.31 bits per heavy atom. The lowest BCUT2D eigenvalue weighted by Gasteiger charge is -2.44. The molecule has 2 fully saturated rings. The summed E-state index contributed by atoms with van der Waals surface area (Å²) in [4.78, 5) is 3.13. The Balaban J connectivity index is 1.70. The summed E-state index contributed by atoms with van der Waals surface area (Å²) in [6.45, 7) is 4.30. The van der Waals surface area contributed by atoms with Gasteiger partial charge in [0, 0.05) is 30.4 Å². The Bertz CT molecular complexity index is 327. The molecule has 1 aromatic heterocycles. The van der Waals surface area contributed by atoms with Crippen LogP contribution in [0.2, 0.25) is 0 Å². The fourth-order valence-corrected chi connectivity index (χ4v) is 2.63. The van der Waals surface area contributed by atoms with Gasteiger partial charge in [-0.15, -0.1) is 0 Å². The van der Waals surface area contributed by atoms with Gasteiger partial charge in [-0.3, -0.25) is 0 Å². The average molecular weight is 222 g/mol. The number of H-pyrrole nitrogens is 1. The van der Waals surface area contributed by atoms with Gasteiger partial charge < -0.3 is 19.8 Å². The molecular formula is C12H18N2O2. The summed E-state index contributed by atoms with van der Waals surface area (Å²) in [6.07, 6.45) is 5.18. The van der Waals surface area contributed by atoms with Gasteiger partial charge in [0.05, 0.1) is 26.4 Å². The lowest BCUT2D eigenvalue weighted by Crippen LogP contribution is -2.53. The van der Waals surface area contributed by atoms with Crippen LogP contribution >= 0.6 is 0 Å². The van der Waals surface area contributed by atoms with Crippen LogP contribution in [-0.2, 0) is 14.9 Å². The number of hydrogen-bond donors (Lipinski definition) is 2. The van der Waals surface area contributed by atoms with Crippen LogP contribution in [0.25, 0.3) is 0 Å². The van der Waals surface area contributed by atoms with E-state index in [4.69, 9.17) is 9.47 Å². The van der Waals surface area contributed by atoms with E-state index in [-0.39, 0.29) is 5.41 Å². The van der Waals surface area contributed by atoms with E-state index in [9.17, 15) is 0 Å². The number of morpholine rings is 1. The van der Waals surface area contributed by atoms with Gasteiger partial charge in [-0.1, -0.05) is 0 Å². The first-order valence-corrected chi connectivity index (χ1v) is 5.91. The summed E-state index contributed by atoms with van der Waals surface area (Å²) >= 11 is 0. The van der Waals surface area contributed by atoms with E-state index in [0.29, 0.717) is 6.04 Å². The van der Waals surface area contributed by atoms with Crippen LogP contribution in [0.3, 0.4) is 0 Å². The van der Waals surface area contributed by atoms with Crippen molar-refractivity contribution in [3.05, 3.63) is 24.0 Å². The molecule has 0 aromatic carbocycles. The maximum absolute atomic E-state index is 5.50. The highest BCUT2D eigenvalue weighted by Gasteiger charge is 2.42. The number of aromatic amines is 1. The first-order chi connectivity index (χ1) is 7.89. The Hall–Kier alpha value is -0.840. The molecule has 0 spiro atoms. The Kier molecular flexibility index (Phi) is 2.71. The second-order valence-electron chi connectivity index (χ2n) is 4.80. The predicted molar refractivity (Wildman–Crippen MR) is 60.5 cm³/mol. The quantitative estimate of drug-likeness (QED) is 0.790. The van der Waals surface area contributed by atoms with Crippen LogP contribution < -0.4 is 5.32 Å². The normalized spacial score (nSPS) is 28.6. The largest absolute Gasteiger partial charge is 0.379 e. The minimum Gasteiger partial charge on any atom is -0.379 e. The number of aromatic nitrogens is 1. The fourth-order valence-electron chi connectivity index (χ4n) is 2.63. The van der Waals surface area contributed by atoms with Crippen LogP contribution in [0, 0.1) is 0 Å². The highest BCUT2D eigenvalue weighted by Crippen LogP contribution is 2.36. The molecule has 2 N–H and O–H groups in total. The first-order valence-electron chi connectivity index (χ1n) is 5.91. The van der Waals surface area contributed by atoms with E-state index in [0.717, 1.165) is 39.4 Å².